The maximum Gasteiger partial charge on any atom is 0.224 e. The van der Waals surface area contributed by atoms with Crippen molar-refractivity contribution in [2.24, 2.45) is 5.92 Å². The Morgan fingerprint density at radius 3 is 2.85 bits per heavy atom. The van der Waals surface area contributed by atoms with Crippen LogP contribution in [-0.2, 0) is 11.3 Å². The summed E-state index contributed by atoms with van der Waals surface area (Å²) in [5, 5.41) is 7.30. The Morgan fingerprint density at radius 2 is 2.00 bits per heavy atom. The van der Waals surface area contributed by atoms with Gasteiger partial charge in [0.25, 0.3) is 0 Å². The first-order valence-electron chi connectivity index (χ1n) is 9.97. The van der Waals surface area contributed by atoms with Crippen molar-refractivity contribution in [2.45, 2.75) is 57.6 Å². The number of carbonyl (C=O) groups excluding carboxylic acids is 1. The quantitative estimate of drug-likeness (QED) is 0.835. The van der Waals surface area contributed by atoms with Gasteiger partial charge < -0.3 is 14.8 Å². The zero-order valence-electron chi connectivity index (χ0n) is 15.6. The number of benzene rings is 1. The Balaban J connectivity index is 1.24. The van der Waals surface area contributed by atoms with Crippen LogP contribution in [0.25, 0.3) is 0 Å². The highest BCUT2D eigenvalue weighted by atomic mass is 16.6. The summed E-state index contributed by atoms with van der Waals surface area (Å²) in [6, 6.07) is 7.67. The standard InChI is InChI=1S/C21H27N3O3/c25-21(11-10-16-6-2-1-3-7-16)23-17-12-22-24(13-17)14-18-15-26-19-8-4-5-9-20(19)27-18/h4-5,8-9,12-13,16,18H,1-3,6-7,10-11,14-15H2,(H,23,25). The molecule has 4 rings (SSSR count). The smallest absolute Gasteiger partial charge is 0.224 e. The molecule has 0 saturated heterocycles. The van der Waals surface area contributed by atoms with Crippen LogP contribution in [0, 0.1) is 5.92 Å². The second-order valence-corrected chi connectivity index (χ2v) is 7.54. The van der Waals surface area contributed by atoms with Gasteiger partial charge in [0.05, 0.1) is 18.4 Å². The molecule has 1 atom stereocenters. The van der Waals surface area contributed by atoms with Gasteiger partial charge in [0.15, 0.2) is 17.6 Å². The highest BCUT2D eigenvalue weighted by Gasteiger charge is 2.21. The van der Waals surface area contributed by atoms with Crippen molar-refractivity contribution in [3.63, 3.8) is 0 Å². The van der Waals surface area contributed by atoms with Crippen LogP contribution in [0.1, 0.15) is 44.9 Å². The maximum atomic E-state index is 12.2. The van der Waals surface area contributed by atoms with E-state index in [1.165, 1.54) is 32.1 Å². The molecular weight excluding hydrogens is 342 g/mol. The van der Waals surface area contributed by atoms with Crippen molar-refractivity contribution in [2.75, 3.05) is 11.9 Å². The molecule has 1 amide bonds. The van der Waals surface area contributed by atoms with Crippen LogP contribution >= 0.6 is 0 Å². The van der Waals surface area contributed by atoms with Gasteiger partial charge in [-0.2, -0.15) is 5.10 Å². The number of amides is 1. The molecule has 6 nitrogen and oxygen atoms in total. The highest BCUT2D eigenvalue weighted by molar-refractivity contribution is 5.90. The van der Waals surface area contributed by atoms with Crippen molar-refractivity contribution >= 4 is 11.6 Å². The van der Waals surface area contributed by atoms with Gasteiger partial charge in [-0.15, -0.1) is 0 Å². The lowest BCUT2D eigenvalue weighted by Gasteiger charge is -2.26. The number of hydrogen-bond donors (Lipinski definition) is 1. The van der Waals surface area contributed by atoms with Gasteiger partial charge >= 0.3 is 0 Å². The van der Waals surface area contributed by atoms with Gasteiger partial charge in [0.1, 0.15) is 6.61 Å². The van der Waals surface area contributed by atoms with E-state index in [1.54, 1.807) is 10.9 Å². The normalized spacial score (nSPS) is 19.6. The van der Waals surface area contributed by atoms with Gasteiger partial charge in [-0.1, -0.05) is 44.2 Å². The first-order valence-corrected chi connectivity index (χ1v) is 9.97. The number of nitrogens with one attached hydrogen (secondary N) is 1. The number of fused-ring (bicyclic) bond motifs is 1. The largest absolute Gasteiger partial charge is 0.486 e. The van der Waals surface area contributed by atoms with E-state index in [2.05, 4.69) is 10.4 Å². The molecule has 1 aromatic heterocycles. The van der Waals surface area contributed by atoms with Gasteiger partial charge in [0.2, 0.25) is 5.91 Å². The van der Waals surface area contributed by atoms with Crippen molar-refractivity contribution in [3.05, 3.63) is 36.7 Å². The molecule has 1 aliphatic carbocycles. The maximum absolute atomic E-state index is 12.2. The first kappa shape index (κ1) is 17.9. The van der Waals surface area contributed by atoms with E-state index in [0.717, 1.165) is 29.5 Å². The zero-order chi connectivity index (χ0) is 18.5. The van der Waals surface area contributed by atoms with E-state index >= 15 is 0 Å². The molecule has 0 bridgehead atoms. The van der Waals surface area contributed by atoms with Crippen molar-refractivity contribution < 1.29 is 14.3 Å². The summed E-state index contributed by atoms with van der Waals surface area (Å²) in [6.45, 7) is 1.06. The number of nitrogens with zero attached hydrogens (tertiary/aromatic N) is 2. The molecule has 1 saturated carbocycles. The fourth-order valence-corrected chi connectivity index (χ4v) is 3.92. The van der Waals surface area contributed by atoms with E-state index in [-0.39, 0.29) is 12.0 Å². The van der Waals surface area contributed by atoms with Crippen LogP contribution in [-0.4, -0.2) is 28.4 Å². The molecule has 2 aliphatic rings. The molecule has 2 aromatic rings. The number of anilines is 1. The molecule has 27 heavy (non-hydrogen) atoms. The lowest BCUT2D eigenvalue weighted by atomic mass is 9.86. The minimum atomic E-state index is -0.102. The monoisotopic (exact) mass is 369 g/mol. The summed E-state index contributed by atoms with van der Waals surface area (Å²) in [7, 11) is 0. The Kier molecular flexibility index (Phi) is 5.61. The summed E-state index contributed by atoms with van der Waals surface area (Å²) in [5.41, 5.74) is 0.737. The molecule has 0 radical (unpaired) electrons. The lowest BCUT2D eigenvalue weighted by molar-refractivity contribution is -0.116. The molecule has 144 valence electrons. The van der Waals surface area contributed by atoms with Crippen LogP contribution in [0.2, 0.25) is 0 Å². The van der Waals surface area contributed by atoms with Gasteiger partial charge in [0, 0.05) is 12.6 Å². The summed E-state index contributed by atoms with van der Waals surface area (Å²) in [6.07, 6.45) is 11.6. The minimum Gasteiger partial charge on any atom is -0.486 e. The third-order valence-electron chi connectivity index (χ3n) is 5.38. The van der Waals surface area contributed by atoms with Gasteiger partial charge in [-0.25, -0.2) is 0 Å². The van der Waals surface area contributed by atoms with E-state index in [1.807, 2.05) is 30.5 Å². The number of carbonyl (C=O) groups is 1. The molecule has 1 N–H and O–H groups in total. The Bertz CT molecular complexity index is 768. The predicted molar refractivity (Wildman–Crippen MR) is 103 cm³/mol. The number of rotatable bonds is 6. The molecule has 1 unspecified atom stereocenters. The van der Waals surface area contributed by atoms with Crippen molar-refractivity contribution in [1.82, 2.24) is 9.78 Å². The molecule has 0 spiro atoms. The predicted octanol–water partition coefficient (Wildman–Crippen LogP) is 4.02. The van der Waals surface area contributed by atoms with E-state index < -0.39 is 0 Å². The van der Waals surface area contributed by atoms with E-state index in [0.29, 0.717) is 19.6 Å². The molecular formula is C21H27N3O3. The van der Waals surface area contributed by atoms with Crippen LogP contribution in [0.4, 0.5) is 5.69 Å². The molecule has 6 heteroatoms. The van der Waals surface area contributed by atoms with Crippen LogP contribution in [0.5, 0.6) is 11.5 Å². The third kappa shape index (κ3) is 4.81. The topological polar surface area (TPSA) is 65.4 Å². The zero-order valence-corrected chi connectivity index (χ0v) is 15.6. The Morgan fingerprint density at radius 1 is 1.19 bits per heavy atom. The molecule has 1 aliphatic heterocycles. The number of hydrogen-bond acceptors (Lipinski definition) is 4. The fraction of sp³-hybridized carbons (Fsp3) is 0.524. The number of aromatic nitrogens is 2. The molecule has 1 fully saturated rings. The van der Waals surface area contributed by atoms with Gasteiger partial charge in [-0.3, -0.25) is 9.48 Å². The second-order valence-electron chi connectivity index (χ2n) is 7.54. The fourth-order valence-electron chi connectivity index (χ4n) is 3.92. The van der Waals surface area contributed by atoms with E-state index in [9.17, 15) is 4.79 Å². The average Bonchev–Trinajstić information content (AvgIpc) is 3.14. The summed E-state index contributed by atoms with van der Waals surface area (Å²) < 4.78 is 13.5. The average molecular weight is 369 g/mol. The van der Waals surface area contributed by atoms with Gasteiger partial charge in [-0.05, 0) is 24.5 Å². The van der Waals surface area contributed by atoms with Crippen LogP contribution < -0.4 is 14.8 Å². The van der Waals surface area contributed by atoms with Crippen molar-refractivity contribution in [3.8, 4) is 11.5 Å². The lowest BCUT2D eigenvalue weighted by Crippen LogP contribution is -2.33. The Hall–Kier alpha value is -2.50. The summed E-state index contributed by atoms with van der Waals surface area (Å²) >= 11 is 0. The first-order chi connectivity index (χ1) is 13.3. The second kappa shape index (κ2) is 8.46. The highest BCUT2D eigenvalue weighted by Crippen LogP contribution is 2.31. The number of ether oxygens (including phenoxy) is 2. The number of para-hydroxylation sites is 2. The van der Waals surface area contributed by atoms with Crippen LogP contribution in [0.3, 0.4) is 0 Å². The minimum absolute atomic E-state index is 0.0753. The summed E-state index contributed by atoms with van der Waals surface area (Å²) in [4.78, 5) is 12.2. The van der Waals surface area contributed by atoms with Crippen molar-refractivity contribution in [1.29, 1.82) is 0 Å². The third-order valence-corrected chi connectivity index (χ3v) is 5.38. The molecule has 1 aromatic carbocycles. The van der Waals surface area contributed by atoms with E-state index in [4.69, 9.17) is 9.47 Å². The SMILES string of the molecule is O=C(CCC1CCCCC1)Nc1cnn(CC2COc3ccccc3O2)c1. The summed E-state index contributed by atoms with van der Waals surface area (Å²) in [5.74, 6) is 2.34. The van der Waals surface area contributed by atoms with Crippen LogP contribution in [0.15, 0.2) is 36.7 Å². The Labute approximate surface area is 159 Å². The molecule has 2 heterocycles.